The van der Waals surface area contributed by atoms with Crippen LogP contribution < -0.4 is 5.32 Å². The summed E-state index contributed by atoms with van der Waals surface area (Å²) in [7, 11) is 1.35. The summed E-state index contributed by atoms with van der Waals surface area (Å²) in [5.74, 6) is -0.311. The molecule has 0 aliphatic heterocycles. The Kier molecular flexibility index (Phi) is 7.67. The molecule has 0 saturated heterocycles. The first-order valence-electron chi connectivity index (χ1n) is 8.27. The van der Waals surface area contributed by atoms with E-state index < -0.39 is 0 Å². The molecule has 4 nitrogen and oxygen atoms in total. The molecule has 5 heteroatoms. The van der Waals surface area contributed by atoms with E-state index in [0.29, 0.717) is 18.5 Å². The van der Waals surface area contributed by atoms with Crippen molar-refractivity contribution in [3.63, 3.8) is 0 Å². The molecule has 25 heavy (non-hydrogen) atoms. The van der Waals surface area contributed by atoms with Crippen molar-refractivity contribution >= 4 is 27.8 Å². The average molecular weight is 404 g/mol. The lowest BCUT2D eigenvalue weighted by molar-refractivity contribution is -0.121. The summed E-state index contributed by atoms with van der Waals surface area (Å²) in [4.78, 5) is 23.3. The molecule has 0 aliphatic rings. The van der Waals surface area contributed by atoms with Gasteiger partial charge in [-0.3, -0.25) is 4.79 Å². The molecule has 0 spiro atoms. The van der Waals surface area contributed by atoms with Crippen LogP contribution in [0.25, 0.3) is 0 Å². The summed E-state index contributed by atoms with van der Waals surface area (Å²) in [5, 5.41) is 2.91. The minimum atomic E-state index is -0.360. The lowest BCUT2D eigenvalue weighted by Gasteiger charge is -2.06. The Labute approximate surface area is 156 Å². The fourth-order valence-electron chi connectivity index (χ4n) is 2.43. The number of carbonyl (C=O) groups is 2. The number of esters is 1. The van der Waals surface area contributed by atoms with Crippen LogP contribution in [0.1, 0.15) is 40.7 Å². The van der Waals surface area contributed by atoms with Gasteiger partial charge in [-0.15, -0.1) is 0 Å². The summed E-state index contributed by atoms with van der Waals surface area (Å²) in [5.41, 5.74) is 2.75. The summed E-state index contributed by atoms with van der Waals surface area (Å²) in [6.07, 6.45) is 3.36. The van der Waals surface area contributed by atoms with Crippen molar-refractivity contribution in [2.45, 2.75) is 32.2 Å². The third-order valence-corrected chi connectivity index (χ3v) is 4.43. The lowest BCUT2D eigenvalue weighted by Crippen LogP contribution is -2.22. The number of rotatable bonds is 8. The van der Waals surface area contributed by atoms with E-state index in [-0.39, 0.29) is 11.9 Å². The number of amides is 1. The zero-order chi connectivity index (χ0) is 18.1. The average Bonchev–Trinajstić information content (AvgIpc) is 2.64. The number of aryl methyl sites for hydroxylation is 1. The fourth-order valence-corrected chi connectivity index (χ4v) is 2.70. The largest absolute Gasteiger partial charge is 0.465 e. The summed E-state index contributed by atoms with van der Waals surface area (Å²) >= 11 is 3.42. The second kappa shape index (κ2) is 9.99. The van der Waals surface area contributed by atoms with Gasteiger partial charge in [-0.25, -0.2) is 4.79 Å². The Hall–Kier alpha value is -2.14. The quantitative estimate of drug-likeness (QED) is 0.528. The van der Waals surface area contributed by atoms with E-state index in [2.05, 4.69) is 38.1 Å². The van der Waals surface area contributed by atoms with Crippen molar-refractivity contribution in [2.24, 2.45) is 0 Å². The second-order valence-electron chi connectivity index (χ2n) is 5.80. The Balaban J connectivity index is 1.65. The predicted molar refractivity (Wildman–Crippen MR) is 101 cm³/mol. The third-order valence-electron chi connectivity index (χ3n) is 3.90. The third kappa shape index (κ3) is 6.70. The number of benzene rings is 2. The van der Waals surface area contributed by atoms with Crippen LogP contribution >= 0.6 is 15.9 Å². The number of carbonyl (C=O) groups excluding carboxylic acids is 2. The minimum Gasteiger partial charge on any atom is -0.465 e. The van der Waals surface area contributed by atoms with E-state index in [9.17, 15) is 9.59 Å². The van der Waals surface area contributed by atoms with E-state index in [4.69, 9.17) is 0 Å². The molecule has 0 atom stereocenters. The van der Waals surface area contributed by atoms with Crippen LogP contribution in [0.4, 0.5) is 0 Å². The molecule has 1 N–H and O–H groups in total. The monoisotopic (exact) mass is 403 g/mol. The summed E-state index contributed by atoms with van der Waals surface area (Å²) in [6.45, 7) is 0.465. The maximum atomic E-state index is 11.9. The smallest absolute Gasteiger partial charge is 0.337 e. The van der Waals surface area contributed by atoms with Gasteiger partial charge in [0.15, 0.2) is 0 Å². The van der Waals surface area contributed by atoms with Crippen LogP contribution in [0.2, 0.25) is 0 Å². The SMILES string of the molecule is COC(=O)c1ccc(CNC(=O)CCCCc2ccc(Br)cc2)cc1. The first-order chi connectivity index (χ1) is 12.1. The molecule has 2 rings (SSSR count). The normalized spacial score (nSPS) is 10.3. The highest BCUT2D eigenvalue weighted by atomic mass is 79.9. The highest BCUT2D eigenvalue weighted by Crippen LogP contribution is 2.13. The van der Waals surface area contributed by atoms with E-state index in [0.717, 1.165) is 29.3 Å². The zero-order valence-electron chi connectivity index (χ0n) is 14.3. The molecule has 2 aromatic rings. The zero-order valence-corrected chi connectivity index (χ0v) is 15.8. The minimum absolute atomic E-state index is 0.0489. The maximum absolute atomic E-state index is 11.9. The molecule has 0 radical (unpaired) electrons. The van der Waals surface area contributed by atoms with Crippen LogP contribution in [-0.4, -0.2) is 19.0 Å². The number of methoxy groups -OCH3 is 1. The molecule has 132 valence electrons. The van der Waals surface area contributed by atoms with Crippen molar-refractivity contribution in [1.29, 1.82) is 0 Å². The van der Waals surface area contributed by atoms with Gasteiger partial charge in [0.2, 0.25) is 5.91 Å². The highest BCUT2D eigenvalue weighted by molar-refractivity contribution is 9.10. The van der Waals surface area contributed by atoms with Crippen LogP contribution in [0.5, 0.6) is 0 Å². The Bertz CT molecular complexity index is 696. The summed E-state index contributed by atoms with van der Waals surface area (Å²) in [6, 6.07) is 15.3. The summed E-state index contributed by atoms with van der Waals surface area (Å²) < 4.78 is 5.73. The van der Waals surface area contributed by atoms with Gasteiger partial charge >= 0.3 is 5.97 Å². The molecule has 0 aliphatic carbocycles. The molecular weight excluding hydrogens is 382 g/mol. The molecule has 0 saturated carbocycles. The van der Waals surface area contributed by atoms with Gasteiger partial charge < -0.3 is 10.1 Å². The van der Waals surface area contributed by atoms with Gasteiger partial charge in [-0.2, -0.15) is 0 Å². The molecule has 0 fully saturated rings. The topological polar surface area (TPSA) is 55.4 Å². The first kappa shape index (κ1) is 19.2. The first-order valence-corrected chi connectivity index (χ1v) is 9.06. The number of hydrogen-bond donors (Lipinski definition) is 1. The lowest BCUT2D eigenvalue weighted by atomic mass is 10.1. The van der Waals surface area contributed by atoms with E-state index in [1.54, 1.807) is 12.1 Å². The Morgan fingerprint density at radius 3 is 2.24 bits per heavy atom. The van der Waals surface area contributed by atoms with Gasteiger partial charge in [-0.1, -0.05) is 40.2 Å². The van der Waals surface area contributed by atoms with Gasteiger partial charge in [0.1, 0.15) is 0 Å². The van der Waals surface area contributed by atoms with Crippen LogP contribution in [0.3, 0.4) is 0 Å². The van der Waals surface area contributed by atoms with Crippen molar-refractivity contribution < 1.29 is 14.3 Å². The number of ether oxygens (including phenoxy) is 1. The van der Waals surface area contributed by atoms with E-state index in [1.807, 2.05) is 24.3 Å². The number of nitrogens with one attached hydrogen (secondary N) is 1. The van der Waals surface area contributed by atoms with E-state index in [1.165, 1.54) is 12.7 Å². The number of halogens is 1. The van der Waals surface area contributed by atoms with Gasteiger partial charge in [0.05, 0.1) is 12.7 Å². The van der Waals surface area contributed by atoms with Crippen molar-refractivity contribution in [1.82, 2.24) is 5.32 Å². The molecule has 0 heterocycles. The van der Waals surface area contributed by atoms with Gasteiger partial charge in [0.25, 0.3) is 0 Å². The van der Waals surface area contributed by atoms with Crippen LogP contribution in [-0.2, 0) is 22.5 Å². The van der Waals surface area contributed by atoms with Gasteiger partial charge in [0, 0.05) is 17.4 Å². The Morgan fingerprint density at radius 2 is 1.60 bits per heavy atom. The molecule has 0 unspecified atom stereocenters. The molecular formula is C20H22BrNO3. The standard InChI is InChI=1S/C20H22BrNO3/c1-25-20(24)17-10-6-16(7-11-17)14-22-19(23)5-3-2-4-15-8-12-18(21)13-9-15/h6-13H,2-5,14H2,1H3,(H,22,23). The van der Waals surface area contributed by atoms with Crippen molar-refractivity contribution in [2.75, 3.05) is 7.11 Å². The highest BCUT2D eigenvalue weighted by Gasteiger charge is 2.05. The number of hydrogen-bond acceptors (Lipinski definition) is 3. The fraction of sp³-hybridized carbons (Fsp3) is 0.300. The molecule has 1 amide bonds. The van der Waals surface area contributed by atoms with Crippen molar-refractivity contribution in [3.05, 3.63) is 69.7 Å². The van der Waals surface area contributed by atoms with E-state index >= 15 is 0 Å². The van der Waals surface area contributed by atoms with Crippen LogP contribution in [0.15, 0.2) is 53.0 Å². The predicted octanol–water partition coefficient (Wildman–Crippen LogP) is 4.26. The maximum Gasteiger partial charge on any atom is 0.337 e. The van der Waals surface area contributed by atoms with Crippen molar-refractivity contribution in [3.8, 4) is 0 Å². The van der Waals surface area contributed by atoms with Gasteiger partial charge in [-0.05, 0) is 54.7 Å². The molecule has 0 bridgehead atoms. The number of unbranched alkanes of at least 4 members (excludes halogenated alkanes) is 1. The molecule has 0 aromatic heterocycles. The second-order valence-corrected chi connectivity index (χ2v) is 6.71. The van der Waals surface area contributed by atoms with Crippen LogP contribution in [0, 0.1) is 0 Å². The Morgan fingerprint density at radius 1 is 0.960 bits per heavy atom. The molecule has 2 aromatic carbocycles.